The predicted molar refractivity (Wildman–Crippen MR) is 96.9 cm³/mol. The molecule has 0 radical (unpaired) electrons. The Kier molecular flexibility index (Phi) is 6.66. The normalized spacial score (nSPS) is 12.1. The molecular weight excluding hydrogens is 328 g/mol. The Balaban J connectivity index is 2.82. The number of nitrogens with zero attached hydrogens (tertiary/aromatic N) is 1. The summed E-state index contributed by atoms with van der Waals surface area (Å²) in [5.74, 6) is 0.569. The number of hydrogen-bond donors (Lipinski definition) is 1. The van der Waals surface area contributed by atoms with Gasteiger partial charge in [-0.3, -0.25) is 9.10 Å². The lowest BCUT2D eigenvalue weighted by Crippen LogP contribution is -2.41. The maximum Gasteiger partial charge on any atom is 0.232 e. The van der Waals surface area contributed by atoms with Crippen molar-refractivity contribution in [2.45, 2.75) is 40.7 Å². The first-order chi connectivity index (χ1) is 10.9. The average molecular weight is 356 g/mol. The van der Waals surface area contributed by atoms with Gasteiger partial charge < -0.3 is 10.1 Å². The topological polar surface area (TPSA) is 75.7 Å². The Bertz CT molecular complexity index is 646. The highest BCUT2D eigenvalue weighted by Crippen LogP contribution is 2.22. The number of amides is 1. The molecule has 0 aliphatic heterocycles. The van der Waals surface area contributed by atoms with E-state index < -0.39 is 15.4 Å². The number of nitrogens with one attached hydrogen (secondary N) is 1. The van der Waals surface area contributed by atoms with Gasteiger partial charge in [0.1, 0.15) is 5.75 Å². The number of benzene rings is 1. The van der Waals surface area contributed by atoms with Crippen molar-refractivity contribution in [3.8, 4) is 5.75 Å². The van der Waals surface area contributed by atoms with E-state index in [2.05, 4.69) is 5.32 Å². The van der Waals surface area contributed by atoms with Gasteiger partial charge in [-0.25, -0.2) is 8.42 Å². The van der Waals surface area contributed by atoms with Crippen molar-refractivity contribution in [3.63, 3.8) is 0 Å². The average Bonchev–Trinajstić information content (AvgIpc) is 2.41. The minimum absolute atomic E-state index is 0.0504. The van der Waals surface area contributed by atoms with Crippen LogP contribution in [0.3, 0.4) is 0 Å². The van der Waals surface area contributed by atoms with Gasteiger partial charge in [-0.2, -0.15) is 0 Å². The SMILES string of the molecule is CC(C)Oc1ccc(N(CCNC(=O)C(C)(C)C)S(C)(=O)=O)cc1. The first-order valence-corrected chi connectivity index (χ1v) is 9.79. The lowest BCUT2D eigenvalue weighted by molar-refractivity contribution is -0.128. The molecule has 0 heterocycles. The maximum absolute atomic E-state index is 12.0. The van der Waals surface area contributed by atoms with Gasteiger partial charge in [0.15, 0.2) is 0 Å². The van der Waals surface area contributed by atoms with Gasteiger partial charge in [-0.15, -0.1) is 0 Å². The Hall–Kier alpha value is -1.76. The van der Waals surface area contributed by atoms with E-state index in [-0.39, 0.29) is 25.1 Å². The minimum atomic E-state index is -3.45. The summed E-state index contributed by atoms with van der Waals surface area (Å²) < 4.78 is 30.9. The molecule has 0 spiro atoms. The van der Waals surface area contributed by atoms with Crippen molar-refractivity contribution in [2.75, 3.05) is 23.7 Å². The first-order valence-electron chi connectivity index (χ1n) is 7.94. The molecule has 7 heteroatoms. The van der Waals surface area contributed by atoms with Gasteiger partial charge >= 0.3 is 0 Å². The molecule has 1 aromatic carbocycles. The van der Waals surface area contributed by atoms with Gasteiger partial charge in [0, 0.05) is 12.0 Å². The molecule has 0 aromatic heterocycles. The number of ether oxygens (including phenoxy) is 1. The Morgan fingerprint density at radius 2 is 1.75 bits per heavy atom. The highest BCUT2D eigenvalue weighted by atomic mass is 32.2. The molecule has 0 unspecified atom stereocenters. The van der Waals surface area contributed by atoms with Crippen molar-refractivity contribution >= 4 is 21.6 Å². The maximum atomic E-state index is 12.0. The van der Waals surface area contributed by atoms with Gasteiger partial charge in [0.2, 0.25) is 15.9 Å². The van der Waals surface area contributed by atoms with Crippen LogP contribution in [0.4, 0.5) is 5.69 Å². The van der Waals surface area contributed by atoms with Crippen molar-refractivity contribution in [3.05, 3.63) is 24.3 Å². The van der Waals surface area contributed by atoms with E-state index in [1.807, 2.05) is 34.6 Å². The lowest BCUT2D eigenvalue weighted by atomic mass is 9.96. The van der Waals surface area contributed by atoms with Crippen LogP contribution in [-0.2, 0) is 14.8 Å². The summed E-state index contributed by atoms with van der Waals surface area (Å²) in [5.41, 5.74) is 0.0322. The second-order valence-corrected chi connectivity index (χ2v) is 8.91. The van der Waals surface area contributed by atoms with Gasteiger partial charge in [-0.1, -0.05) is 20.8 Å². The van der Waals surface area contributed by atoms with Gasteiger partial charge in [-0.05, 0) is 38.1 Å². The number of anilines is 1. The van der Waals surface area contributed by atoms with Crippen LogP contribution in [0.25, 0.3) is 0 Å². The summed E-state index contributed by atoms with van der Waals surface area (Å²) in [7, 11) is -3.45. The van der Waals surface area contributed by atoms with Crippen LogP contribution in [-0.4, -0.2) is 39.8 Å². The summed E-state index contributed by atoms with van der Waals surface area (Å²) in [6.07, 6.45) is 1.20. The van der Waals surface area contributed by atoms with E-state index in [1.54, 1.807) is 24.3 Å². The summed E-state index contributed by atoms with van der Waals surface area (Å²) in [6, 6.07) is 6.87. The van der Waals surface area contributed by atoms with Crippen LogP contribution in [0.5, 0.6) is 5.75 Å². The zero-order valence-electron chi connectivity index (χ0n) is 15.3. The molecule has 1 amide bonds. The Morgan fingerprint density at radius 1 is 1.21 bits per heavy atom. The largest absolute Gasteiger partial charge is 0.491 e. The molecule has 0 saturated carbocycles. The second kappa shape index (κ2) is 7.88. The fourth-order valence-corrected chi connectivity index (χ4v) is 2.91. The smallest absolute Gasteiger partial charge is 0.232 e. The predicted octanol–water partition coefficient (Wildman–Crippen LogP) is 2.40. The van der Waals surface area contributed by atoms with Crippen molar-refractivity contribution in [2.24, 2.45) is 5.41 Å². The van der Waals surface area contributed by atoms with Crippen LogP contribution in [0.2, 0.25) is 0 Å². The van der Waals surface area contributed by atoms with E-state index in [0.29, 0.717) is 11.4 Å². The third-order valence-corrected chi connectivity index (χ3v) is 4.37. The molecule has 136 valence electrons. The lowest BCUT2D eigenvalue weighted by Gasteiger charge is -2.24. The zero-order valence-corrected chi connectivity index (χ0v) is 16.1. The number of hydrogen-bond acceptors (Lipinski definition) is 4. The molecular formula is C17H28N2O4S. The molecule has 0 saturated heterocycles. The Morgan fingerprint density at radius 3 is 2.17 bits per heavy atom. The minimum Gasteiger partial charge on any atom is -0.491 e. The van der Waals surface area contributed by atoms with Crippen LogP contribution in [0, 0.1) is 5.41 Å². The van der Waals surface area contributed by atoms with Crippen molar-refractivity contribution in [1.29, 1.82) is 0 Å². The van der Waals surface area contributed by atoms with Gasteiger partial charge in [0.05, 0.1) is 24.6 Å². The Labute approximate surface area is 145 Å². The quantitative estimate of drug-likeness (QED) is 0.814. The highest BCUT2D eigenvalue weighted by Gasteiger charge is 2.22. The van der Waals surface area contributed by atoms with Crippen molar-refractivity contribution < 1.29 is 17.9 Å². The molecule has 0 atom stereocenters. The van der Waals surface area contributed by atoms with Crippen LogP contribution in [0.15, 0.2) is 24.3 Å². The molecule has 0 aliphatic rings. The highest BCUT2D eigenvalue weighted by molar-refractivity contribution is 7.92. The first kappa shape index (κ1) is 20.3. The molecule has 6 nitrogen and oxygen atoms in total. The molecule has 0 bridgehead atoms. The van der Waals surface area contributed by atoms with Crippen LogP contribution < -0.4 is 14.4 Å². The summed E-state index contributed by atoms with van der Waals surface area (Å²) >= 11 is 0. The summed E-state index contributed by atoms with van der Waals surface area (Å²) in [6.45, 7) is 9.69. The van der Waals surface area contributed by atoms with Crippen LogP contribution in [0.1, 0.15) is 34.6 Å². The summed E-state index contributed by atoms with van der Waals surface area (Å²) in [4.78, 5) is 11.9. The molecule has 0 aliphatic carbocycles. The fraction of sp³-hybridized carbons (Fsp3) is 0.588. The van der Waals surface area contributed by atoms with Crippen LogP contribution >= 0.6 is 0 Å². The molecule has 24 heavy (non-hydrogen) atoms. The fourth-order valence-electron chi connectivity index (χ4n) is 1.99. The van der Waals surface area contributed by atoms with E-state index >= 15 is 0 Å². The van der Waals surface area contributed by atoms with Crippen molar-refractivity contribution in [1.82, 2.24) is 5.32 Å². The second-order valence-electron chi connectivity index (χ2n) is 7.00. The zero-order chi connectivity index (χ0) is 18.5. The molecule has 1 N–H and O–H groups in total. The van der Waals surface area contributed by atoms with Gasteiger partial charge in [0.25, 0.3) is 0 Å². The van der Waals surface area contributed by atoms with E-state index in [0.717, 1.165) is 6.26 Å². The third kappa shape index (κ3) is 6.39. The van der Waals surface area contributed by atoms with E-state index in [4.69, 9.17) is 4.74 Å². The van der Waals surface area contributed by atoms with E-state index in [1.165, 1.54) is 4.31 Å². The molecule has 1 rings (SSSR count). The van der Waals surface area contributed by atoms with E-state index in [9.17, 15) is 13.2 Å². The molecule has 0 fully saturated rings. The number of carbonyl (C=O) groups is 1. The third-order valence-electron chi connectivity index (χ3n) is 3.18. The number of carbonyl (C=O) groups excluding carboxylic acids is 1. The molecule has 1 aromatic rings. The number of rotatable bonds is 7. The number of sulfonamides is 1. The summed E-state index contributed by atoms with van der Waals surface area (Å²) in [5, 5.41) is 2.76. The monoisotopic (exact) mass is 356 g/mol. The standard InChI is InChI=1S/C17H28N2O4S/c1-13(2)23-15-9-7-14(8-10-15)19(24(6,21)22)12-11-18-16(20)17(3,4)5/h7-10,13H,11-12H2,1-6H3,(H,18,20).